The Morgan fingerprint density at radius 2 is 1.94 bits per heavy atom. The summed E-state index contributed by atoms with van der Waals surface area (Å²) in [7, 11) is 1.33. The van der Waals surface area contributed by atoms with Crippen molar-refractivity contribution in [1.82, 2.24) is 4.98 Å². The maximum Gasteiger partial charge on any atom is 0.351 e. The maximum atomic E-state index is 11.4. The molecular formula is C12H17ClN2O2S. The van der Waals surface area contributed by atoms with E-state index in [1.807, 2.05) is 0 Å². The number of hydrogen-bond donors (Lipinski definition) is 1. The highest BCUT2D eigenvalue weighted by atomic mass is 35.5. The standard InChI is InChI=1S/C12H17ClN2O2S/c1-11(2)9(12(11,3)4)15-10-14-7(13)6(18-10)8(16)17-5/h9H,1-5H3,(H,14,15). The van der Waals surface area contributed by atoms with E-state index in [0.717, 1.165) is 0 Å². The largest absolute Gasteiger partial charge is 0.465 e. The molecule has 0 atom stereocenters. The summed E-state index contributed by atoms with van der Waals surface area (Å²) in [5.41, 5.74) is 0.410. The Morgan fingerprint density at radius 1 is 1.39 bits per heavy atom. The second-order valence-electron chi connectivity index (χ2n) is 5.65. The van der Waals surface area contributed by atoms with Crippen LogP contribution in [0.5, 0.6) is 0 Å². The number of nitrogens with one attached hydrogen (secondary N) is 1. The first kappa shape index (κ1) is 13.6. The molecule has 1 aliphatic rings. The Bertz CT molecular complexity index is 482. The fourth-order valence-electron chi connectivity index (χ4n) is 2.26. The quantitative estimate of drug-likeness (QED) is 0.866. The van der Waals surface area contributed by atoms with Crippen LogP contribution in [0.4, 0.5) is 5.13 Å². The molecule has 0 radical (unpaired) electrons. The zero-order chi connectivity index (χ0) is 13.7. The summed E-state index contributed by atoms with van der Waals surface area (Å²) in [5, 5.41) is 4.22. The van der Waals surface area contributed by atoms with Crippen molar-refractivity contribution in [1.29, 1.82) is 0 Å². The van der Waals surface area contributed by atoms with Crippen molar-refractivity contribution in [2.45, 2.75) is 33.7 Å². The van der Waals surface area contributed by atoms with Crippen molar-refractivity contribution < 1.29 is 9.53 Å². The highest BCUT2D eigenvalue weighted by Gasteiger charge is 2.65. The van der Waals surface area contributed by atoms with E-state index < -0.39 is 5.97 Å². The topological polar surface area (TPSA) is 51.2 Å². The lowest BCUT2D eigenvalue weighted by Crippen LogP contribution is -2.09. The second-order valence-corrected chi connectivity index (χ2v) is 7.01. The fourth-order valence-corrected chi connectivity index (χ4v) is 3.39. The number of carbonyl (C=O) groups excluding carboxylic acids is 1. The van der Waals surface area contributed by atoms with Crippen LogP contribution in [0.15, 0.2) is 0 Å². The van der Waals surface area contributed by atoms with E-state index in [2.05, 4.69) is 42.7 Å². The van der Waals surface area contributed by atoms with Gasteiger partial charge in [-0.3, -0.25) is 0 Å². The number of thiazole rings is 1. The Kier molecular flexibility index (Phi) is 3.10. The van der Waals surface area contributed by atoms with Crippen LogP contribution in [0.1, 0.15) is 37.4 Å². The van der Waals surface area contributed by atoms with E-state index >= 15 is 0 Å². The van der Waals surface area contributed by atoms with Gasteiger partial charge < -0.3 is 10.1 Å². The number of methoxy groups -OCH3 is 1. The van der Waals surface area contributed by atoms with Gasteiger partial charge in [-0.25, -0.2) is 9.78 Å². The molecule has 0 saturated heterocycles. The van der Waals surface area contributed by atoms with Crippen LogP contribution in [0.2, 0.25) is 5.15 Å². The van der Waals surface area contributed by atoms with E-state index in [1.54, 1.807) is 0 Å². The van der Waals surface area contributed by atoms with Crippen molar-refractivity contribution in [3.05, 3.63) is 10.0 Å². The predicted molar refractivity (Wildman–Crippen MR) is 73.4 cm³/mol. The molecule has 1 aliphatic carbocycles. The molecule has 18 heavy (non-hydrogen) atoms. The lowest BCUT2D eigenvalue weighted by Gasteiger charge is -2.02. The summed E-state index contributed by atoms with van der Waals surface area (Å²) in [5.74, 6) is -0.445. The van der Waals surface area contributed by atoms with Crippen LogP contribution in [0.25, 0.3) is 0 Å². The Labute approximate surface area is 116 Å². The van der Waals surface area contributed by atoms with Crippen molar-refractivity contribution in [3.63, 3.8) is 0 Å². The van der Waals surface area contributed by atoms with E-state index in [0.29, 0.717) is 16.1 Å². The van der Waals surface area contributed by atoms with Gasteiger partial charge in [0.15, 0.2) is 15.2 Å². The molecule has 1 N–H and O–H groups in total. The molecule has 0 unspecified atom stereocenters. The molecule has 1 heterocycles. The van der Waals surface area contributed by atoms with E-state index in [-0.39, 0.29) is 16.0 Å². The van der Waals surface area contributed by atoms with Gasteiger partial charge in [-0.2, -0.15) is 0 Å². The number of esters is 1. The fraction of sp³-hybridized carbons (Fsp3) is 0.667. The molecule has 100 valence electrons. The Morgan fingerprint density at radius 3 is 2.39 bits per heavy atom. The Hall–Kier alpha value is -0.810. The zero-order valence-corrected chi connectivity index (χ0v) is 12.7. The van der Waals surface area contributed by atoms with E-state index in [4.69, 9.17) is 11.6 Å². The molecule has 2 rings (SSSR count). The molecule has 1 aromatic rings. The van der Waals surface area contributed by atoms with Gasteiger partial charge in [-0.15, -0.1) is 0 Å². The molecule has 1 aromatic heterocycles. The monoisotopic (exact) mass is 288 g/mol. The van der Waals surface area contributed by atoms with Gasteiger partial charge in [0.2, 0.25) is 0 Å². The number of rotatable bonds is 3. The Balaban J connectivity index is 2.16. The lowest BCUT2D eigenvalue weighted by molar-refractivity contribution is 0.0606. The third-order valence-corrected chi connectivity index (χ3v) is 5.60. The van der Waals surface area contributed by atoms with E-state index in [1.165, 1.54) is 18.4 Å². The molecule has 0 spiro atoms. The van der Waals surface area contributed by atoms with Crippen LogP contribution in [0.3, 0.4) is 0 Å². The first-order chi connectivity index (χ1) is 8.21. The molecule has 0 bridgehead atoms. The maximum absolute atomic E-state index is 11.4. The molecule has 0 amide bonds. The first-order valence-corrected chi connectivity index (χ1v) is 6.92. The van der Waals surface area contributed by atoms with Crippen LogP contribution in [-0.2, 0) is 4.74 Å². The molecule has 6 heteroatoms. The summed E-state index contributed by atoms with van der Waals surface area (Å²) >= 11 is 7.16. The third kappa shape index (κ3) is 1.89. The van der Waals surface area contributed by atoms with Gasteiger partial charge in [0.05, 0.1) is 7.11 Å². The van der Waals surface area contributed by atoms with E-state index in [9.17, 15) is 4.79 Å². The SMILES string of the molecule is COC(=O)c1sc(NC2C(C)(C)C2(C)C)nc1Cl. The van der Waals surface area contributed by atoms with Gasteiger partial charge >= 0.3 is 5.97 Å². The van der Waals surface area contributed by atoms with Crippen molar-refractivity contribution in [3.8, 4) is 0 Å². The molecule has 1 saturated carbocycles. The first-order valence-electron chi connectivity index (χ1n) is 5.73. The third-order valence-electron chi connectivity index (χ3n) is 4.25. The number of halogens is 1. The zero-order valence-electron chi connectivity index (χ0n) is 11.1. The minimum atomic E-state index is -0.445. The minimum absolute atomic E-state index is 0.200. The number of anilines is 1. The summed E-state index contributed by atoms with van der Waals surface area (Å²) in [6.45, 7) is 8.84. The molecule has 0 aromatic carbocycles. The predicted octanol–water partition coefficient (Wildman–Crippen LogP) is 3.43. The molecule has 0 aliphatic heterocycles. The number of carbonyl (C=O) groups is 1. The highest BCUT2D eigenvalue weighted by molar-refractivity contribution is 7.18. The lowest BCUT2D eigenvalue weighted by atomic mass is 10.0. The molecular weight excluding hydrogens is 272 g/mol. The molecule has 1 fully saturated rings. The molecule has 4 nitrogen and oxygen atoms in total. The smallest absolute Gasteiger partial charge is 0.351 e. The van der Waals surface area contributed by atoms with Gasteiger partial charge in [-0.05, 0) is 10.8 Å². The number of aromatic nitrogens is 1. The van der Waals surface area contributed by atoms with Crippen LogP contribution < -0.4 is 5.32 Å². The summed E-state index contributed by atoms with van der Waals surface area (Å²) in [6.07, 6.45) is 0. The second kappa shape index (κ2) is 4.10. The summed E-state index contributed by atoms with van der Waals surface area (Å²) in [6, 6.07) is 0.331. The average Bonchev–Trinajstić information content (AvgIpc) is 2.63. The van der Waals surface area contributed by atoms with Crippen LogP contribution >= 0.6 is 22.9 Å². The van der Waals surface area contributed by atoms with Gasteiger partial charge in [0, 0.05) is 6.04 Å². The van der Waals surface area contributed by atoms with Gasteiger partial charge in [0.1, 0.15) is 0 Å². The van der Waals surface area contributed by atoms with Crippen molar-refractivity contribution in [2.75, 3.05) is 12.4 Å². The van der Waals surface area contributed by atoms with Crippen LogP contribution in [0, 0.1) is 10.8 Å². The van der Waals surface area contributed by atoms with Crippen LogP contribution in [-0.4, -0.2) is 24.1 Å². The summed E-state index contributed by atoms with van der Waals surface area (Å²) in [4.78, 5) is 15.9. The number of ether oxygens (including phenoxy) is 1. The van der Waals surface area contributed by atoms with Gasteiger partial charge in [-0.1, -0.05) is 50.6 Å². The van der Waals surface area contributed by atoms with Gasteiger partial charge in [0.25, 0.3) is 0 Å². The average molecular weight is 289 g/mol. The van der Waals surface area contributed by atoms with Crippen molar-refractivity contribution >= 4 is 34.0 Å². The summed E-state index contributed by atoms with van der Waals surface area (Å²) < 4.78 is 4.65. The van der Waals surface area contributed by atoms with Crippen molar-refractivity contribution in [2.24, 2.45) is 10.8 Å². The number of nitrogens with zero attached hydrogens (tertiary/aromatic N) is 1. The normalized spacial score (nSPS) is 20.6. The number of hydrogen-bond acceptors (Lipinski definition) is 5. The highest BCUT2D eigenvalue weighted by Crippen LogP contribution is 2.63. The minimum Gasteiger partial charge on any atom is -0.465 e.